The normalized spacial score (nSPS) is 12.8. The maximum absolute atomic E-state index is 7.43. The van der Waals surface area contributed by atoms with Gasteiger partial charge in [0.05, 0.1) is 0 Å². The van der Waals surface area contributed by atoms with E-state index in [9.17, 15) is 0 Å². The van der Waals surface area contributed by atoms with Gasteiger partial charge in [-0.2, -0.15) is 0 Å². The second-order valence-corrected chi connectivity index (χ2v) is 44.6. The fourth-order valence-corrected chi connectivity index (χ4v) is 33.7. The van der Waals surface area contributed by atoms with Gasteiger partial charge in [-0.15, -0.1) is 58.7 Å². The van der Waals surface area contributed by atoms with Gasteiger partial charge < -0.3 is 25.7 Å². The summed E-state index contributed by atoms with van der Waals surface area (Å²) in [7, 11) is -3.39. The average Bonchev–Trinajstić information content (AvgIpc) is 1.60. The quantitative estimate of drug-likeness (QED) is 0.0495. The van der Waals surface area contributed by atoms with Gasteiger partial charge in [0.1, 0.15) is 74.1 Å². The summed E-state index contributed by atoms with van der Waals surface area (Å²) in [5.74, 6) is 12.5. The molecule has 0 aromatic heterocycles. The SMILES string of the molecule is [Ag+].[Ag+].[Ag+].[Ag+].[C-]#Cc1ccc2c(c1)-c1ccccc1C2(C)C.[C-]#Cc1ccc2c(c1)C(C)(C)c1ccccc1-2.[C-]#Cc1cccc2c1-c1ccccc1C2(C)C.[C-]#Cc1cccc2c1-c1ccccc1C2(C)C.c1ccc([PH+](C[PH+](c2ccccc2)c2ccccc2)c2ccccc2)cc1.c1ccc([PH+](C[PH+](c2ccccc2)c2ccccc2)c2ccccc2)cc1. The van der Waals surface area contributed by atoms with Gasteiger partial charge in [-0.05, 0) is 175 Å². The smallest absolute Gasteiger partial charge is 0.366 e. The minimum absolute atomic E-state index is 0. The van der Waals surface area contributed by atoms with Crippen molar-refractivity contribution in [1.29, 1.82) is 0 Å². The van der Waals surface area contributed by atoms with E-state index in [0.29, 0.717) is 0 Å². The standard InChI is InChI=1S/2C25H22P2.4C17H13.4Ag/c2*1-5-13-22(14-6-1)26(23-15-7-2-8-16-23)21-27(24-17-9-3-10-18-24)25-19-11-4-12-20-25;2*1-4-12-8-7-11-15-16(12)13-9-5-6-10-14(13)17(15,2)3;1-4-12-9-10-16-14(11-12)13-7-5-6-8-15(13)17(16,2)3;1-4-12-9-10-14-13-7-5-6-8-15(13)17(2,3)16(14)11-12;;;;/h2*1-20H,21H2;4*5-11H,2-3H3;;;;/q;;4*-1;4*+1/p+4. The van der Waals surface area contributed by atoms with Crippen LogP contribution in [0, 0.1) is 49.4 Å². The van der Waals surface area contributed by atoms with E-state index in [4.69, 9.17) is 25.7 Å². The van der Waals surface area contributed by atoms with E-state index in [1.54, 1.807) is 0 Å². The van der Waals surface area contributed by atoms with Gasteiger partial charge in [0.25, 0.3) is 0 Å². The summed E-state index contributed by atoms with van der Waals surface area (Å²) >= 11 is 0. The van der Waals surface area contributed by atoms with Gasteiger partial charge in [0, 0.05) is 21.7 Å². The number of fused-ring (bicyclic) bond motifs is 12. The molecule has 632 valence electrons. The summed E-state index contributed by atoms with van der Waals surface area (Å²) in [4.78, 5) is 0. The molecule has 0 N–H and O–H groups in total. The monoisotopic (exact) mass is 2070 g/mol. The molecule has 16 aromatic carbocycles. The topological polar surface area (TPSA) is 0 Å². The van der Waals surface area contributed by atoms with Crippen LogP contribution in [0.5, 0.6) is 0 Å². The molecule has 4 aliphatic rings. The van der Waals surface area contributed by atoms with Crippen molar-refractivity contribution >= 4 is 74.1 Å². The first-order valence-corrected chi connectivity index (χ1v) is 48.8. The van der Waals surface area contributed by atoms with Crippen molar-refractivity contribution in [2.45, 2.75) is 77.0 Å². The van der Waals surface area contributed by atoms with Crippen molar-refractivity contribution in [3.05, 3.63) is 505 Å². The second kappa shape index (κ2) is 44.4. The van der Waals surface area contributed by atoms with Crippen molar-refractivity contribution in [2.75, 3.05) is 11.8 Å². The van der Waals surface area contributed by atoms with E-state index in [2.05, 4.69) is 455 Å². The Hall–Kier alpha value is -9.56. The Balaban J connectivity index is 0.000000148. The van der Waals surface area contributed by atoms with Crippen LogP contribution in [0.15, 0.2) is 413 Å². The third-order valence-electron chi connectivity index (χ3n) is 24.6. The van der Waals surface area contributed by atoms with Crippen LogP contribution in [-0.4, -0.2) is 11.8 Å². The van der Waals surface area contributed by atoms with Crippen LogP contribution in [0.4, 0.5) is 0 Å². The van der Waals surface area contributed by atoms with Crippen molar-refractivity contribution in [3.8, 4) is 68.2 Å². The number of benzene rings is 16. The van der Waals surface area contributed by atoms with Gasteiger partial charge in [-0.1, -0.05) is 346 Å². The van der Waals surface area contributed by atoms with Crippen LogP contribution in [0.25, 0.3) is 44.5 Å². The Kier molecular flexibility index (Phi) is 34.2. The Morgan fingerprint density at radius 1 is 0.190 bits per heavy atom. The molecule has 126 heavy (non-hydrogen) atoms. The zero-order valence-electron chi connectivity index (χ0n) is 71.9. The molecule has 16 aromatic rings. The molecule has 4 aliphatic carbocycles. The maximum atomic E-state index is 7.43. The van der Waals surface area contributed by atoms with Gasteiger partial charge in [-0.25, -0.2) is 0 Å². The van der Waals surface area contributed by atoms with Crippen LogP contribution in [0.2, 0.25) is 0 Å². The molecule has 0 atom stereocenters. The van der Waals surface area contributed by atoms with Crippen molar-refractivity contribution in [1.82, 2.24) is 0 Å². The molecule has 0 unspecified atom stereocenters. The summed E-state index contributed by atoms with van der Waals surface area (Å²) in [5.41, 5.74) is 24.3. The van der Waals surface area contributed by atoms with Gasteiger partial charge >= 0.3 is 89.5 Å². The molecule has 0 aliphatic heterocycles. The molecule has 0 saturated heterocycles. The molecule has 0 fully saturated rings. The molecule has 0 saturated carbocycles. The summed E-state index contributed by atoms with van der Waals surface area (Å²) in [6.45, 7) is 18.0. The Morgan fingerprint density at radius 3 is 0.698 bits per heavy atom. The predicted molar refractivity (Wildman–Crippen MR) is 533 cm³/mol. The van der Waals surface area contributed by atoms with Crippen LogP contribution < -0.4 is 42.4 Å². The molecule has 0 amide bonds. The molecule has 8 heteroatoms. The zero-order chi connectivity index (χ0) is 84.8. The molecule has 0 bridgehead atoms. The number of hydrogen-bond donors (Lipinski definition) is 0. The Bertz CT molecular complexity index is 5900. The summed E-state index contributed by atoms with van der Waals surface area (Å²) < 4.78 is 0. The first-order chi connectivity index (χ1) is 59.4. The minimum atomic E-state index is -0.847. The number of rotatable bonds is 12. The average molecular weight is 2070 g/mol. The largest absolute Gasteiger partial charge is 1.00 e. The number of hydrogen-bond acceptors (Lipinski definition) is 0. The fourth-order valence-electron chi connectivity index (χ4n) is 18.2. The molecule has 0 heterocycles. The van der Waals surface area contributed by atoms with E-state index < -0.39 is 31.7 Å². The molecular formula is C118H100Ag4P4+4. The Morgan fingerprint density at radius 2 is 0.405 bits per heavy atom. The van der Waals surface area contributed by atoms with Crippen LogP contribution in [0.3, 0.4) is 0 Å². The second-order valence-electron chi connectivity index (χ2n) is 33.4. The molecule has 0 spiro atoms. The first-order valence-electron chi connectivity index (χ1n) is 42.0. The first kappa shape index (κ1) is 97.1. The fraction of sp³-hybridized carbons (Fsp3) is 0.119. The van der Waals surface area contributed by atoms with E-state index in [1.165, 1.54) is 143 Å². The predicted octanol–water partition coefficient (Wildman–Crippen LogP) is 25.1. The van der Waals surface area contributed by atoms with Crippen LogP contribution in [0.1, 0.15) is 122 Å². The van der Waals surface area contributed by atoms with Gasteiger partial charge in [0.2, 0.25) is 0 Å². The summed E-state index contributed by atoms with van der Waals surface area (Å²) in [5, 5.41) is 12.0. The third kappa shape index (κ3) is 21.1. The van der Waals surface area contributed by atoms with E-state index >= 15 is 0 Å². The van der Waals surface area contributed by atoms with Gasteiger partial charge in [0.15, 0.2) is 11.8 Å². The zero-order valence-corrected chi connectivity index (χ0v) is 81.8. The van der Waals surface area contributed by atoms with E-state index in [-0.39, 0.29) is 111 Å². The van der Waals surface area contributed by atoms with Crippen molar-refractivity contribution in [2.24, 2.45) is 0 Å². The van der Waals surface area contributed by atoms with Crippen LogP contribution in [-0.2, 0) is 111 Å². The minimum Gasteiger partial charge on any atom is -0.366 e. The summed E-state index contributed by atoms with van der Waals surface area (Å²) in [6.07, 6.45) is 29.4. The van der Waals surface area contributed by atoms with Crippen molar-refractivity contribution in [3.63, 3.8) is 0 Å². The van der Waals surface area contributed by atoms with E-state index in [1.807, 2.05) is 36.4 Å². The molecule has 20 rings (SSSR count). The molecular weight excluding hydrogens is 1970 g/mol. The third-order valence-corrected chi connectivity index (χ3v) is 38.5. The molecule has 0 radical (unpaired) electrons. The maximum Gasteiger partial charge on any atom is 1.00 e. The molecule has 0 nitrogen and oxygen atoms in total. The van der Waals surface area contributed by atoms with E-state index in [0.717, 1.165) is 22.3 Å². The Labute approximate surface area is 817 Å². The van der Waals surface area contributed by atoms with Crippen LogP contribution >= 0.6 is 31.7 Å². The summed E-state index contributed by atoms with van der Waals surface area (Å²) in [6, 6.07) is 148. The van der Waals surface area contributed by atoms with Crippen molar-refractivity contribution < 1.29 is 89.5 Å². The van der Waals surface area contributed by atoms with Gasteiger partial charge in [-0.3, -0.25) is 23.7 Å².